The summed E-state index contributed by atoms with van der Waals surface area (Å²) in [5.74, 6) is -0.178. The summed E-state index contributed by atoms with van der Waals surface area (Å²) in [5.41, 5.74) is 2.80. The fraction of sp³-hybridized carbons (Fsp3) is 0.217. The van der Waals surface area contributed by atoms with Gasteiger partial charge in [-0.25, -0.2) is 0 Å². The Bertz CT molecular complexity index is 1100. The minimum absolute atomic E-state index is 0.178. The second-order valence-electron chi connectivity index (χ2n) is 6.90. The highest BCUT2D eigenvalue weighted by molar-refractivity contribution is 6.09. The fourth-order valence-corrected chi connectivity index (χ4v) is 3.83. The van der Waals surface area contributed by atoms with E-state index in [1.807, 2.05) is 12.1 Å². The first-order chi connectivity index (χ1) is 14.0. The Morgan fingerprint density at radius 1 is 0.724 bits per heavy atom. The third-order valence-electron chi connectivity index (χ3n) is 5.03. The summed E-state index contributed by atoms with van der Waals surface area (Å²) in [4.78, 5) is 7.44. The van der Waals surface area contributed by atoms with E-state index in [4.69, 9.17) is 0 Å². The Morgan fingerprint density at radius 3 is 2.07 bits per heavy atom. The molecule has 3 aromatic carbocycles. The number of alkyl halides is 3. The first-order valence-corrected chi connectivity index (χ1v) is 9.44. The maximum absolute atomic E-state index is 12.4. The quantitative estimate of drug-likeness (QED) is 0.357. The van der Waals surface area contributed by atoms with E-state index in [1.54, 1.807) is 30.9 Å². The molecule has 0 saturated heterocycles. The van der Waals surface area contributed by atoms with Crippen LogP contribution in [0.15, 0.2) is 67.3 Å². The normalized spacial score (nSPS) is 13.5. The van der Waals surface area contributed by atoms with E-state index >= 15 is 0 Å². The molecule has 3 nitrogen and oxygen atoms in total. The lowest BCUT2D eigenvalue weighted by molar-refractivity contribution is -0.274. The van der Waals surface area contributed by atoms with Crippen molar-refractivity contribution in [1.82, 2.24) is 9.97 Å². The van der Waals surface area contributed by atoms with Gasteiger partial charge in [0, 0.05) is 24.8 Å². The summed E-state index contributed by atoms with van der Waals surface area (Å²) in [5, 5.41) is 4.04. The molecular formula is C23H19F3N2O. The number of ether oxygens (including phenoxy) is 1. The summed E-state index contributed by atoms with van der Waals surface area (Å²) in [6, 6.07) is 12.7. The number of nitrogens with zero attached hydrogens (tertiary/aromatic N) is 2. The van der Waals surface area contributed by atoms with Crippen LogP contribution in [0.25, 0.3) is 21.5 Å². The van der Waals surface area contributed by atoms with Gasteiger partial charge >= 0.3 is 6.36 Å². The number of fused-ring (bicyclic) bond motifs is 5. The summed E-state index contributed by atoms with van der Waals surface area (Å²) in [6.07, 6.45) is 6.51. The molecule has 5 rings (SSSR count). The van der Waals surface area contributed by atoms with Crippen LogP contribution in [-0.4, -0.2) is 16.3 Å². The predicted molar refractivity (Wildman–Crippen MR) is 107 cm³/mol. The molecule has 1 aromatic heterocycles. The van der Waals surface area contributed by atoms with E-state index in [1.165, 1.54) is 41.5 Å². The Balaban J connectivity index is 0.000000294. The van der Waals surface area contributed by atoms with Crippen LogP contribution in [0.5, 0.6) is 5.75 Å². The topological polar surface area (TPSA) is 35.0 Å². The van der Waals surface area contributed by atoms with Crippen molar-refractivity contribution in [2.75, 3.05) is 0 Å². The van der Waals surface area contributed by atoms with Crippen molar-refractivity contribution in [3.05, 3.63) is 78.4 Å². The van der Waals surface area contributed by atoms with Crippen LogP contribution < -0.4 is 4.74 Å². The molecule has 0 amide bonds. The van der Waals surface area contributed by atoms with Gasteiger partial charge in [0.05, 0.1) is 0 Å². The average Bonchev–Trinajstić information content (AvgIpc) is 2.73. The Kier molecular flexibility index (Phi) is 5.34. The summed E-state index contributed by atoms with van der Waals surface area (Å²) >= 11 is 0. The van der Waals surface area contributed by atoms with Gasteiger partial charge in [-0.1, -0.05) is 30.3 Å². The lowest BCUT2D eigenvalue weighted by Crippen LogP contribution is -2.16. The molecule has 0 unspecified atom stereocenters. The molecule has 0 aliphatic heterocycles. The number of aromatic nitrogens is 2. The third-order valence-corrected chi connectivity index (χ3v) is 5.03. The summed E-state index contributed by atoms with van der Waals surface area (Å²) in [6.45, 7) is 0. The highest BCUT2D eigenvalue weighted by atomic mass is 19.4. The van der Waals surface area contributed by atoms with Gasteiger partial charge < -0.3 is 4.74 Å². The fourth-order valence-electron chi connectivity index (χ4n) is 3.83. The first kappa shape index (κ1) is 19.2. The number of hydrogen-bond donors (Lipinski definition) is 0. The van der Waals surface area contributed by atoms with E-state index in [-0.39, 0.29) is 5.75 Å². The molecule has 0 atom stereocenters. The zero-order valence-electron chi connectivity index (χ0n) is 15.6. The molecule has 0 saturated carbocycles. The number of benzene rings is 3. The van der Waals surface area contributed by atoms with Crippen LogP contribution >= 0.6 is 0 Å². The minimum atomic E-state index is -4.66. The van der Waals surface area contributed by atoms with Crippen molar-refractivity contribution < 1.29 is 17.9 Å². The maximum atomic E-state index is 12.4. The van der Waals surface area contributed by atoms with Gasteiger partial charge in [0.1, 0.15) is 5.75 Å². The van der Waals surface area contributed by atoms with E-state index in [2.05, 4.69) is 26.8 Å². The minimum Gasteiger partial charge on any atom is -0.406 e. The lowest BCUT2D eigenvalue weighted by atomic mass is 9.86. The second kappa shape index (κ2) is 8.07. The van der Waals surface area contributed by atoms with Gasteiger partial charge in [-0.3, -0.25) is 9.97 Å². The van der Waals surface area contributed by atoms with Gasteiger partial charge in [-0.05, 0) is 70.5 Å². The second-order valence-corrected chi connectivity index (χ2v) is 6.90. The Morgan fingerprint density at radius 2 is 1.38 bits per heavy atom. The first-order valence-electron chi connectivity index (χ1n) is 9.44. The van der Waals surface area contributed by atoms with Gasteiger partial charge in [-0.2, -0.15) is 0 Å². The van der Waals surface area contributed by atoms with Crippen molar-refractivity contribution in [1.29, 1.82) is 0 Å². The molecule has 1 aliphatic rings. The number of halogens is 3. The van der Waals surface area contributed by atoms with Gasteiger partial charge in [-0.15, -0.1) is 13.2 Å². The molecule has 0 fully saturated rings. The number of hydrogen-bond acceptors (Lipinski definition) is 3. The molecule has 148 valence electrons. The largest absolute Gasteiger partial charge is 0.573 e. The van der Waals surface area contributed by atoms with Gasteiger partial charge in [0.2, 0.25) is 0 Å². The molecule has 1 heterocycles. The standard InChI is InChI=1S/C19H15F3O.C4H4N2/c20-19(21,22)23-14-7-10-16-13(11-14)6-9-17-15-4-2-1-3-12(15)5-8-18(16)17;1-2-6-4-3-5-1/h5-11H,1-4H2;1-4H. The average molecular weight is 396 g/mol. The van der Waals surface area contributed by atoms with Crippen LogP contribution in [0.1, 0.15) is 24.0 Å². The van der Waals surface area contributed by atoms with Crippen molar-refractivity contribution in [2.24, 2.45) is 0 Å². The molecule has 1 aliphatic carbocycles. The predicted octanol–water partition coefficient (Wildman–Crippen LogP) is 6.25. The lowest BCUT2D eigenvalue weighted by Gasteiger charge is -2.19. The zero-order chi connectivity index (χ0) is 20.3. The smallest absolute Gasteiger partial charge is 0.406 e. The third kappa shape index (κ3) is 4.47. The van der Waals surface area contributed by atoms with Crippen molar-refractivity contribution >= 4 is 21.5 Å². The van der Waals surface area contributed by atoms with E-state index < -0.39 is 6.36 Å². The van der Waals surface area contributed by atoms with E-state index in [9.17, 15) is 13.2 Å². The summed E-state index contributed by atoms with van der Waals surface area (Å²) in [7, 11) is 0. The van der Waals surface area contributed by atoms with Crippen LogP contribution in [0, 0.1) is 0 Å². The van der Waals surface area contributed by atoms with Crippen molar-refractivity contribution in [3.63, 3.8) is 0 Å². The molecular weight excluding hydrogens is 377 g/mol. The van der Waals surface area contributed by atoms with Crippen LogP contribution in [0.2, 0.25) is 0 Å². The molecule has 29 heavy (non-hydrogen) atoms. The van der Waals surface area contributed by atoms with Gasteiger partial charge in [0.15, 0.2) is 0 Å². The molecule has 0 radical (unpaired) electrons. The van der Waals surface area contributed by atoms with Crippen molar-refractivity contribution in [2.45, 2.75) is 32.0 Å². The highest BCUT2D eigenvalue weighted by Gasteiger charge is 2.31. The van der Waals surface area contributed by atoms with Crippen molar-refractivity contribution in [3.8, 4) is 5.75 Å². The maximum Gasteiger partial charge on any atom is 0.573 e. The van der Waals surface area contributed by atoms with Crippen LogP contribution in [-0.2, 0) is 12.8 Å². The molecule has 0 bridgehead atoms. The summed E-state index contributed by atoms with van der Waals surface area (Å²) < 4.78 is 41.1. The number of rotatable bonds is 1. The molecule has 0 spiro atoms. The Hall–Kier alpha value is -3.15. The highest BCUT2D eigenvalue weighted by Crippen LogP contribution is 2.35. The monoisotopic (exact) mass is 396 g/mol. The van der Waals surface area contributed by atoms with Crippen LogP contribution in [0.3, 0.4) is 0 Å². The number of aryl methyl sites for hydroxylation is 2. The SMILES string of the molecule is FC(F)(F)Oc1ccc2c(ccc3c4c(ccc32)CCCC4)c1.c1cnccn1. The van der Waals surface area contributed by atoms with Crippen LogP contribution in [0.4, 0.5) is 13.2 Å². The molecule has 0 N–H and O–H groups in total. The van der Waals surface area contributed by atoms with E-state index in [0.29, 0.717) is 0 Å². The molecule has 6 heteroatoms. The zero-order valence-corrected chi connectivity index (χ0v) is 15.6. The van der Waals surface area contributed by atoms with Gasteiger partial charge in [0.25, 0.3) is 0 Å². The molecule has 4 aromatic rings. The van der Waals surface area contributed by atoms with E-state index in [0.717, 1.165) is 29.0 Å². The Labute approximate surface area is 166 Å².